The molecule has 3 aliphatic rings. The predicted octanol–water partition coefficient (Wildman–Crippen LogP) is 4.57. The number of aldehydes is 1. The van der Waals surface area contributed by atoms with E-state index in [2.05, 4.69) is 4.72 Å². The lowest BCUT2D eigenvalue weighted by atomic mass is 9.95. The van der Waals surface area contributed by atoms with Crippen LogP contribution in [0.15, 0.2) is 42.5 Å². The predicted molar refractivity (Wildman–Crippen MR) is 125 cm³/mol. The first kappa shape index (κ1) is 24.3. The van der Waals surface area contributed by atoms with Crippen LogP contribution < -0.4 is 4.72 Å². The van der Waals surface area contributed by atoms with Crippen molar-refractivity contribution in [2.45, 2.75) is 55.3 Å². The van der Waals surface area contributed by atoms with E-state index in [-0.39, 0.29) is 29.3 Å². The van der Waals surface area contributed by atoms with Gasteiger partial charge in [-0.2, -0.15) is 0 Å². The first-order valence-electron chi connectivity index (χ1n) is 11.3. The number of rotatable bonds is 7. The van der Waals surface area contributed by atoms with Gasteiger partial charge in [0.2, 0.25) is 0 Å². The van der Waals surface area contributed by atoms with E-state index < -0.39 is 17.8 Å². The number of likely N-dealkylation sites (tertiary alicyclic amines) is 1. The molecule has 2 aromatic carbocycles. The summed E-state index contributed by atoms with van der Waals surface area (Å²) < 4.78 is 51.8. The molecule has 5 rings (SSSR count). The van der Waals surface area contributed by atoms with E-state index in [9.17, 15) is 13.6 Å². The first-order chi connectivity index (χ1) is 16.0. The van der Waals surface area contributed by atoms with Crippen molar-refractivity contribution in [2.75, 3.05) is 20.2 Å². The fourth-order valence-corrected chi connectivity index (χ4v) is 5.07. The Bertz CT molecular complexity index is 955. The van der Waals surface area contributed by atoms with Crippen molar-refractivity contribution < 1.29 is 22.7 Å². The van der Waals surface area contributed by atoms with E-state index in [0.29, 0.717) is 23.8 Å². The van der Waals surface area contributed by atoms with Crippen LogP contribution in [-0.2, 0) is 16.0 Å². The molecule has 2 aromatic rings. The number of nitrogens with one attached hydrogen (secondary N) is 1. The van der Waals surface area contributed by atoms with Crippen LogP contribution in [0.25, 0.3) is 11.1 Å². The molecule has 0 spiro atoms. The van der Waals surface area contributed by atoms with Crippen molar-refractivity contribution in [3.05, 3.63) is 59.7 Å². The Morgan fingerprint density at radius 1 is 1.12 bits per heavy atom. The van der Waals surface area contributed by atoms with Gasteiger partial charge in [-0.05, 0) is 37.9 Å². The van der Waals surface area contributed by atoms with Gasteiger partial charge >= 0.3 is 0 Å². The number of hydrogen-bond donors (Lipinski definition) is 1. The summed E-state index contributed by atoms with van der Waals surface area (Å²) in [5.41, 5.74) is 0.990. The summed E-state index contributed by atoms with van der Waals surface area (Å²) in [6.45, 7) is 1.10. The number of ether oxygens (including phenoxy) is 1. The summed E-state index contributed by atoms with van der Waals surface area (Å²) >= 11 is 1.61. The van der Waals surface area contributed by atoms with Crippen molar-refractivity contribution in [3.8, 4) is 11.1 Å². The van der Waals surface area contributed by atoms with Gasteiger partial charge in [-0.1, -0.05) is 48.3 Å². The average molecular weight is 479 g/mol. The highest BCUT2D eigenvalue weighted by Crippen LogP contribution is 2.35. The highest BCUT2D eigenvalue weighted by atomic mass is 32.2. The molecule has 0 bridgehead atoms. The zero-order valence-electron chi connectivity index (χ0n) is 18.6. The van der Waals surface area contributed by atoms with Crippen LogP contribution in [0.4, 0.5) is 13.2 Å². The molecule has 0 aromatic heterocycles. The number of carbonyl (C=O) groups is 1. The topological polar surface area (TPSA) is 41.6 Å². The maximum Gasteiger partial charge on any atom is 0.148 e. The molecular formula is C25H29F3N2O2S. The van der Waals surface area contributed by atoms with E-state index in [1.165, 1.54) is 18.9 Å². The van der Waals surface area contributed by atoms with Gasteiger partial charge in [-0.25, -0.2) is 13.2 Å². The fraction of sp³-hybridized carbons (Fsp3) is 0.480. The van der Waals surface area contributed by atoms with Gasteiger partial charge in [0.25, 0.3) is 0 Å². The van der Waals surface area contributed by atoms with E-state index in [0.717, 1.165) is 19.3 Å². The van der Waals surface area contributed by atoms with E-state index in [1.54, 1.807) is 48.3 Å². The van der Waals surface area contributed by atoms with Gasteiger partial charge in [-0.3, -0.25) is 9.62 Å². The number of alkyl halides is 1. The van der Waals surface area contributed by atoms with E-state index >= 15 is 4.39 Å². The summed E-state index contributed by atoms with van der Waals surface area (Å²) in [6.07, 6.45) is 3.43. The second kappa shape index (κ2) is 11.0. The molecule has 4 atom stereocenters. The molecular weight excluding hydrogens is 449 g/mol. The summed E-state index contributed by atoms with van der Waals surface area (Å²) in [5, 5.41) is 0.574. The Labute approximate surface area is 197 Å². The number of hydrogen-bond acceptors (Lipinski definition) is 5. The SMILES string of the molecule is CN1CC(F)C(NSC2CC2)C1Cc1cccc(-c2ccccc2F)c1F.O=CC1CCO1. The second-order valence-electron chi connectivity index (χ2n) is 8.78. The largest absolute Gasteiger partial charge is 0.371 e. The summed E-state index contributed by atoms with van der Waals surface area (Å²) in [6, 6.07) is 10.7. The standard InChI is InChI=1S/C21H23F3N2S.C4H6O2/c1-26-12-18(23)21(25-27-14-9-10-14)19(26)11-13-5-4-7-16(20(13)24)15-6-2-3-8-17(15)22;5-3-4-1-2-6-4/h2-8,14,18-19,21,25H,9-12H2,1H3;3-4H,1-2H2. The van der Waals surface area contributed by atoms with Crippen LogP contribution in [0.3, 0.4) is 0 Å². The molecule has 0 radical (unpaired) electrons. The van der Waals surface area contributed by atoms with Crippen molar-refractivity contribution in [1.82, 2.24) is 9.62 Å². The number of carbonyl (C=O) groups excluding carboxylic acids is 1. The molecule has 1 N–H and O–H groups in total. The third-order valence-electron chi connectivity index (χ3n) is 6.29. The Morgan fingerprint density at radius 3 is 2.45 bits per heavy atom. The Morgan fingerprint density at radius 2 is 1.85 bits per heavy atom. The molecule has 0 amide bonds. The number of nitrogens with zero attached hydrogens (tertiary/aromatic N) is 1. The van der Waals surface area contributed by atoms with Gasteiger partial charge in [0.1, 0.15) is 30.2 Å². The van der Waals surface area contributed by atoms with Crippen LogP contribution in [-0.4, -0.2) is 61.0 Å². The lowest BCUT2D eigenvalue weighted by Crippen LogP contribution is -2.43. The zero-order chi connectivity index (χ0) is 23.4. The number of halogens is 3. The molecule has 3 fully saturated rings. The molecule has 33 heavy (non-hydrogen) atoms. The third-order valence-corrected chi connectivity index (χ3v) is 7.50. The Balaban J connectivity index is 0.000000376. The minimum Gasteiger partial charge on any atom is -0.371 e. The minimum absolute atomic E-state index is 0.0648. The number of benzene rings is 2. The molecule has 2 saturated heterocycles. The lowest BCUT2D eigenvalue weighted by molar-refractivity contribution is -0.129. The van der Waals surface area contributed by atoms with Crippen LogP contribution >= 0.6 is 11.9 Å². The van der Waals surface area contributed by atoms with Crippen molar-refractivity contribution in [3.63, 3.8) is 0 Å². The molecule has 2 heterocycles. The Kier molecular flexibility index (Phi) is 8.11. The fourth-order valence-electron chi connectivity index (χ4n) is 4.05. The summed E-state index contributed by atoms with van der Waals surface area (Å²) in [4.78, 5) is 11.6. The zero-order valence-corrected chi connectivity index (χ0v) is 19.4. The van der Waals surface area contributed by atoms with Crippen LogP contribution in [0, 0.1) is 11.6 Å². The molecule has 4 nitrogen and oxygen atoms in total. The third kappa shape index (κ3) is 5.98. The average Bonchev–Trinajstić information content (AvgIpc) is 3.54. The molecule has 1 saturated carbocycles. The summed E-state index contributed by atoms with van der Waals surface area (Å²) in [5.74, 6) is -0.873. The molecule has 1 aliphatic carbocycles. The molecule has 2 aliphatic heterocycles. The highest BCUT2D eigenvalue weighted by Gasteiger charge is 2.41. The van der Waals surface area contributed by atoms with E-state index in [1.807, 2.05) is 11.9 Å². The number of likely N-dealkylation sites (N-methyl/N-ethyl adjacent to an activating group) is 1. The van der Waals surface area contributed by atoms with Gasteiger partial charge in [-0.15, -0.1) is 0 Å². The minimum atomic E-state index is -0.982. The van der Waals surface area contributed by atoms with Gasteiger partial charge in [0.15, 0.2) is 0 Å². The monoisotopic (exact) mass is 478 g/mol. The lowest BCUT2D eigenvalue weighted by Gasteiger charge is -2.26. The molecule has 8 heteroatoms. The van der Waals surface area contributed by atoms with Crippen LogP contribution in [0.1, 0.15) is 24.8 Å². The van der Waals surface area contributed by atoms with Gasteiger partial charge in [0.05, 0.1) is 12.6 Å². The van der Waals surface area contributed by atoms with Gasteiger partial charge in [0, 0.05) is 35.4 Å². The normalized spacial score (nSPS) is 26.9. The quantitative estimate of drug-likeness (QED) is 0.467. The van der Waals surface area contributed by atoms with Gasteiger partial charge < -0.3 is 9.53 Å². The second-order valence-corrected chi connectivity index (χ2v) is 9.92. The first-order valence-corrected chi connectivity index (χ1v) is 12.2. The molecule has 4 unspecified atom stereocenters. The van der Waals surface area contributed by atoms with Crippen LogP contribution in [0.5, 0.6) is 0 Å². The maximum atomic E-state index is 15.2. The highest BCUT2D eigenvalue weighted by molar-refractivity contribution is 7.98. The smallest absolute Gasteiger partial charge is 0.148 e. The van der Waals surface area contributed by atoms with Crippen molar-refractivity contribution in [1.29, 1.82) is 0 Å². The van der Waals surface area contributed by atoms with Crippen LogP contribution in [0.2, 0.25) is 0 Å². The Hall–Kier alpha value is -1.87. The maximum absolute atomic E-state index is 15.2. The molecule has 178 valence electrons. The van der Waals surface area contributed by atoms with Crippen molar-refractivity contribution >= 4 is 18.2 Å². The van der Waals surface area contributed by atoms with Crippen molar-refractivity contribution in [2.24, 2.45) is 0 Å². The summed E-state index contributed by atoms with van der Waals surface area (Å²) in [7, 11) is 1.87. The van der Waals surface area contributed by atoms with E-state index in [4.69, 9.17) is 4.74 Å².